The minimum absolute atomic E-state index is 0.164. The zero-order chi connectivity index (χ0) is 8.98. The summed E-state index contributed by atoms with van der Waals surface area (Å²) < 4.78 is 0.902. The van der Waals surface area contributed by atoms with Crippen LogP contribution in [0.15, 0.2) is 0 Å². The van der Waals surface area contributed by atoms with Crippen molar-refractivity contribution in [2.24, 2.45) is 17.3 Å². The number of hydrogen-bond donors (Lipinski definition) is 1. The Morgan fingerprint density at radius 1 is 1.33 bits per heavy atom. The van der Waals surface area contributed by atoms with Crippen molar-refractivity contribution in [1.29, 1.82) is 0 Å². The molecule has 2 rings (SSSR count). The van der Waals surface area contributed by atoms with Crippen molar-refractivity contribution in [3.8, 4) is 0 Å². The van der Waals surface area contributed by atoms with Gasteiger partial charge in [-0.15, -0.1) is 0 Å². The molecule has 2 saturated carbocycles. The van der Waals surface area contributed by atoms with Crippen LogP contribution in [0.1, 0.15) is 33.1 Å². The van der Waals surface area contributed by atoms with Crippen LogP contribution in [0.2, 0.25) is 0 Å². The van der Waals surface area contributed by atoms with E-state index in [4.69, 9.17) is 0 Å². The SMILES string of the molecule is CC1(C)C2CCC(C2)C1(O)CI. The van der Waals surface area contributed by atoms with E-state index in [1.54, 1.807) is 0 Å². The van der Waals surface area contributed by atoms with Crippen LogP contribution >= 0.6 is 22.6 Å². The maximum Gasteiger partial charge on any atom is 0.0818 e. The second-order valence-corrected chi connectivity index (χ2v) is 5.75. The smallest absolute Gasteiger partial charge is 0.0818 e. The second-order valence-electron chi connectivity index (χ2n) is 4.99. The second kappa shape index (κ2) is 2.59. The molecule has 2 heteroatoms. The van der Waals surface area contributed by atoms with Crippen molar-refractivity contribution in [3.05, 3.63) is 0 Å². The van der Waals surface area contributed by atoms with Gasteiger partial charge in [0.2, 0.25) is 0 Å². The van der Waals surface area contributed by atoms with Gasteiger partial charge in [-0.1, -0.05) is 36.4 Å². The van der Waals surface area contributed by atoms with Gasteiger partial charge in [-0.2, -0.15) is 0 Å². The number of halogens is 1. The summed E-state index contributed by atoms with van der Waals surface area (Å²) in [5.74, 6) is 1.37. The molecule has 2 bridgehead atoms. The van der Waals surface area contributed by atoms with Gasteiger partial charge in [0.05, 0.1) is 5.60 Å². The predicted molar refractivity (Wildman–Crippen MR) is 58.4 cm³/mol. The van der Waals surface area contributed by atoms with Crippen LogP contribution in [0.4, 0.5) is 0 Å². The van der Waals surface area contributed by atoms with Crippen LogP contribution < -0.4 is 0 Å². The minimum Gasteiger partial charge on any atom is -0.388 e. The largest absolute Gasteiger partial charge is 0.388 e. The molecule has 0 aliphatic heterocycles. The maximum atomic E-state index is 10.5. The third-order valence-corrected chi connectivity index (χ3v) is 5.61. The molecule has 3 unspecified atom stereocenters. The molecule has 0 radical (unpaired) electrons. The van der Waals surface area contributed by atoms with E-state index >= 15 is 0 Å². The van der Waals surface area contributed by atoms with E-state index in [1.807, 2.05) is 0 Å². The van der Waals surface area contributed by atoms with E-state index in [0.29, 0.717) is 5.92 Å². The zero-order valence-electron chi connectivity index (χ0n) is 7.81. The first-order valence-electron chi connectivity index (χ1n) is 4.80. The summed E-state index contributed by atoms with van der Waals surface area (Å²) >= 11 is 2.34. The summed E-state index contributed by atoms with van der Waals surface area (Å²) in [6.07, 6.45) is 3.87. The molecule has 0 aromatic rings. The maximum absolute atomic E-state index is 10.5. The normalized spacial score (nSPS) is 50.0. The molecule has 0 amide bonds. The van der Waals surface area contributed by atoms with Crippen molar-refractivity contribution < 1.29 is 5.11 Å². The van der Waals surface area contributed by atoms with Gasteiger partial charge in [0.25, 0.3) is 0 Å². The van der Waals surface area contributed by atoms with Crippen LogP contribution in [0.5, 0.6) is 0 Å². The Morgan fingerprint density at radius 2 is 1.92 bits per heavy atom. The van der Waals surface area contributed by atoms with E-state index in [9.17, 15) is 5.11 Å². The molecule has 0 saturated heterocycles. The van der Waals surface area contributed by atoms with E-state index < -0.39 is 0 Å². The summed E-state index contributed by atoms with van der Waals surface area (Å²) in [5.41, 5.74) is -0.201. The molecule has 70 valence electrons. The molecule has 2 aliphatic rings. The van der Waals surface area contributed by atoms with Crippen LogP contribution in [0.3, 0.4) is 0 Å². The molecular formula is C10H17IO. The highest BCUT2D eigenvalue weighted by atomic mass is 127. The summed E-state index contributed by atoms with van der Waals surface area (Å²) in [4.78, 5) is 0. The first-order valence-corrected chi connectivity index (χ1v) is 6.33. The van der Waals surface area contributed by atoms with E-state index in [-0.39, 0.29) is 11.0 Å². The number of rotatable bonds is 1. The molecule has 0 aromatic heterocycles. The molecule has 12 heavy (non-hydrogen) atoms. The summed E-state index contributed by atoms with van der Waals surface area (Å²) in [6.45, 7) is 4.49. The average molecular weight is 280 g/mol. The van der Waals surface area contributed by atoms with Crippen molar-refractivity contribution in [2.75, 3.05) is 4.43 Å². The molecule has 0 heterocycles. The Hall–Kier alpha value is 0.690. The van der Waals surface area contributed by atoms with Crippen molar-refractivity contribution >= 4 is 22.6 Å². The quantitative estimate of drug-likeness (QED) is 0.578. The fraction of sp³-hybridized carbons (Fsp3) is 1.00. The highest BCUT2D eigenvalue weighted by Crippen LogP contribution is 2.61. The van der Waals surface area contributed by atoms with Gasteiger partial charge in [0.1, 0.15) is 0 Å². The van der Waals surface area contributed by atoms with Gasteiger partial charge in [-0.25, -0.2) is 0 Å². The lowest BCUT2D eigenvalue weighted by molar-refractivity contribution is -0.0839. The fourth-order valence-corrected chi connectivity index (χ4v) is 4.84. The summed E-state index contributed by atoms with van der Waals surface area (Å²) in [6, 6.07) is 0. The number of alkyl halides is 1. The molecule has 0 aromatic carbocycles. The number of hydrogen-bond acceptors (Lipinski definition) is 1. The lowest BCUT2D eigenvalue weighted by Crippen LogP contribution is -2.50. The molecule has 2 fully saturated rings. The Labute approximate surface area is 88.1 Å². The first-order chi connectivity index (χ1) is 5.52. The highest BCUT2D eigenvalue weighted by Gasteiger charge is 2.61. The van der Waals surface area contributed by atoms with Gasteiger partial charge < -0.3 is 5.11 Å². The highest BCUT2D eigenvalue weighted by molar-refractivity contribution is 14.1. The van der Waals surface area contributed by atoms with Crippen LogP contribution in [-0.2, 0) is 0 Å². The standard InChI is InChI=1S/C10H17IO/c1-9(2)7-3-4-8(5-7)10(9,12)6-11/h7-8,12H,3-6H2,1-2H3. The van der Waals surface area contributed by atoms with Crippen molar-refractivity contribution in [3.63, 3.8) is 0 Å². The molecule has 0 spiro atoms. The van der Waals surface area contributed by atoms with Gasteiger partial charge >= 0.3 is 0 Å². The summed E-state index contributed by atoms with van der Waals surface area (Å²) in [7, 11) is 0. The minimum atomic E-state index is -0.365. The molecule has 1 N–H and O–H groups in total. The third-order valence-electron chi connectivity index (χ3n) is 4.45. The third kappa shape index (κ3) is 0.884. The average Bonchev–Trinajstić information content (AvgIpc) is 2.55. The lowest BCUT2D eigenvalue weighted by Gasteiger charge is -2.45. The molecule has 2 aliphatic carbocycles. The van der Waals surface area contributed by atoms with Crippen LogP contribution in [0, 0.1) is 17.3 Å². The van der Waals surface area contributed by atoms with Gasteiger partial charge in [-0.05, 0) is 36.5 Å². The molecular weight excluding hydrogens is 263 g/mol. The molecule has 1 nitrogen and oxygen atoms in total. The van der Waals surface area contributed by atoms with Crippen LogP contribution in [-0.4, -0.2) is 15.1 Å². The Morgan fingerprint density at radius 3 is 2.25 bits per heavy atom. The Balaban J connectivity index is 2.34. The van der Waals surface area contributed by atoms with Gasteiger partial charge in [-0.3, -0.25) is 0 Å². The fourth-order valence-electron chi connectivity index (χ4n) is 3.23. The van der Waals surface area contributed by atoms with E-state index in [2.05, 4.69) is 36.4 Å². The van der Waals surface area contributed by atoms with E-state index in [0.717, 1.165) is 10.3 Å². The lowest BCUT2D eigenvalue weighted by atomic mass is 9.66. The zero-order valence-corrected chi connectivity index (χ0v) is 9.97. The van der Waals surface area contributed by atoms with Crippen molar-refractivity contribution in [2.45, 2.75) is 38.7 Å². The van der Waals surface area contributed by atoms with Gasteiger partial charge in [0.15, 0.2) is 0 Å². The van der Waals surface area contributed by atoms with Gasteiger partial charge in [0, 0.05) is 4.43 Å². The monoisotopic (exact) mass is 280 g/mol. The topological polar surface area (TPSA) is 20.2 Å². The Kier molecular flexibility index (Phi) is 2.00. The van der Waals surface area contributed by atoms with Crippen molar-refractivity contribution in [1.82, 2.24) is 0 Å². The number of aliphatic hydroxyl groups is 1. The Bertz CT molecular complexity index is 202. The molecule has 3 atom stereocenters. The first kappa shape index (κ1) is 9.25. The predicted octanol–water partition coefficient (Wildman–Crippen LogP) is 2.61. The number of fused-ring (bicyclic) bond motifs is 2. The summed E-state index contributed by atoms with van der Waals surface area (Å²) in [5, 5.41) is 10.5. The van der Waals surface area contributed by atoms with Crippen LogP contribution in [0.25, 0.3) is 0 Å². The van der Waals surface area contributed by atoms with E-state index in [1.165, 1.54) is 19.3 Å².